The minimum absolute atomic E-state index is 0.0551. The lowest BCUT2D eigenvalue weighted by Crippen LogP contribution is -2.28. The van der Waals surface area contributed by atoms with Crippen LogP contribution >= 0.6 is 0 Å². The van der Waals surface area contributed by atoms with E-state index in [9.17, 15) is 8.78 Å². The van der Waals surface area contributed by atoms with Crippen LogP contribution in [0.3, 0.4) is 0 Å². The van der Waals surface area contributed by atoms with Gasteiger partial charge in [0.2, 0.25) is 0 Å². The summed E-state index contributed by atoms with van der Waals surface area (Å²) in [6.45, 7) is -0.652. The molecule has 0 bridgehead atoms. The van der Waals surface area contributed by atoms with Crippen molar-refractivity contribution >= 4 is 5.69 Å². The van der Waals surface area contributed by atoms with E-state index in [0.29, 0.717) is 0 Å². The van der Waals surface area contributed by atoms with Crippen LogP contribution in [-0.4, -0.2) is 29.5 Å². The molecule has 3 N–H and O–H groups in total. The molecule has 1 aromatic rings. The van der Waals surface area contributed by atoms with Crippen molar-refractivity contribution in [3.05, 3.63) is 29.8 Å². The molecule has 0 saturated heterocycles. The minimum Gasteiger partial charge on any atom is -0.394 e. The number of rotatable bonds is 4. The third-order valence-electron chi connectivity index (χ3n) is 1.73. The number of hydrogen-bond acceptors (Lipinski definition) is 3. The summed E-state index contributed by atoms with van der Waals surface area (Å²) in [4.78, 5) is 0. The van der Waals surface area contributed by atoms with Crippen LogP contribution in [0.2, 0.25) is 0 Å². The molecule has 1 aromatic carbocycles. The lowest BCUT2D eigenvalue weighted by atomic mass is 10.2. The molecule has 0 aliphatic rings. The Morgan fingerprint density at radius 1 is 1.21 bits per heavy atom. The van der Waals surface area contributed by atoms with E-state index in [1.54, 1.807) is 0 Å². The summed E-state index contributed by atoms with van der Waals surface area (Å²) in [5.41, 5.74) is 0.0551. The summed E-state index contributed by atoms with van der Waals surface area (Å²) in [6, 6.07) is 2.39. The van der Waals surface area contributed by atoms with Gasteiger partial charge in [-0.1, -0.05) is 0 Å². The van der Waals surface area contributed by atoms with Crippen LogP contribution in [0, 0.1) is 11.6 Å². The lowest BCUT2D eigenvalue weighted by molar-refractivity contribution is 0.203. The molecule has 0 unspecified atom stereocenters. The maximum absolute atomic E-state index is 13.0. The van der Waals surface area contributed by atoms with Crippen molar-refractivity contribution in [2.75, 3.05) is 18.5 Å². The van der Waals surface area contributed by atoms with E-state index in [4.69, 9.17) is 10.2 Å². The van der Waals surface area contributed by atoms with Gasteiger partial charge in [0.05, 0.1) is 24.9 Å². The second-order valence-corrected chi connectivity index (χ2v) is 2.83. The molecule has 0 radical (unpaired) electrons. The Balaban J connectivity index is 2.76. The standard InChI is InChI=1S/C9H11F2NO2/c10-6-1-2-9(8(11)3-6)12-7(4-13)5-14/h1-3,7,12-14H,4-5H2. The molecule has 78 valence electrons. The second-order valence-electron chi connectivity index (χ2n) is 2.83. The number of benzene rings is 1. The first kappa shape index (κ1) is 10.9. The van der Waals surface area contributed by atoms with Gasteiger partial charge in [0.25, 0.3) is 0 Å². The highest BCUT2D eigenvalue weighted by atomic mass is 19.1. The Morgan fingerprint density at radius 2 is 1.86 bits per heavy atom. The number of nitrogens with one attached hydrogen (secondary N) is 1. The summed E-state index contributed by atoms with van der Waals surface area (Å²) < 4.78 is 25.5. The number of hydrogen-bond donors (Lipinski definition) is 3. The van der Waals surface area contributed by atoms with Crippen molar-refractivity contribution in [3.8, 4) is 0 Å². The van der Waals surface area contributed by atoms with Gasteiger partial charge < -0.3 is 15.5 Å². The summed E-state index contributed by atoms with van der Waals surface area (Å²) >= 11 is 0. The van der Waals surface area contributed by atoms with Crippen molar-refractivity contribution in [2.45, 2.75) is 6.04 Å². The van der Waals surface area contributed by atoms with Crippen molar-refractivity contribution in [3.63, 3.8) is 0 Å². The van der Waals surface area contributed by atoms with Crippen molar-refractivity contribution in [2.24, 2.45) is 0 Å². The summed E-state index contributed by atoms with van der Waals surface area (Å²) in [6.07, 6.45) is 0. The summed E-state index contributed by atoms with van der Waals surface area (Å²) in [5.74, 6) is -1.42. The van der Waals surface area contributed by atoms with Gasteiger partial charge in [0.15, 0.2) is 0 Å². The van der Waals surface area contributed by atoms with E-state index in [1.165, 1.54) is 6.07 Å². The van der Waals surface area contributed by atoms with Crippen LogP contribution in [0.4, 0.5) is 14.5 Å². The fourth-order valence-corrected chi connectivity index (χ4v) is 0.975. The Hall–Kier alpha value is -1.20. The van der Waals surface area contributed by atoms with Gasteiger partial charge in [-0.3, -0.25) is 0 Å². The number of aliphatic hydroxyl groups excluding tert-OH is 2. The van der Waals surface area contributed by atoms with Gasteiger partial charge in [-0.25, -0.2) is 8.78 Å². The Kier molecular flexibility index (Phi) is 3.79. The molecule has 0 atom stereocenters. The molecule has 14 heavy (non-hydrogen) atoms. The largest absolute Gasteiger partial charge is 0.394 e. The van der Waals surface area contributed by atoms with Crippen LogP contribution in [0.1, 0.15) is 0 Å². The van der Waals surface area contributed by atoms with Crippen molar-refractivity contribution in [1.82, 2.24) is 0 Å². The molecular weight excluding hydrogens is 192 g/mol. The maximum atomic E-state index is 13.0. The van der Waals surface area contributed by atoms with Crippen LogP contribution < -0.4 is 5.32 Å². The smallest absolute Gasteiger partial charge is 0.149 e. The Bertz CT molecular complexity index is 303. The van der Waals surface area contributed by atoms with Gasteiger partial charge in [0.1, 0.15) is 11.6 Å². The highest BCUT2D eigenvalue weighted by Crippen LogP contribution is 2.15. The third-order valence-corrected chi connectivity index (χ3v) is 1.73. The topological polar surface area (TPSA) is 52.5 Å². The highest BCUT2D eigenvalue weighted by Gasteiger charge is 2.09. The van der Waals surface area contributed by atoms with Gasteiger partial charge in [-0.2, -0.15) is 0 Å². The molecule has 0 spiro atoms. The average Bonchev–Trinajstić information content (AvgIpc) is 2.17. The zero-order valence-corrected chi connectivity index (χ0v) is 7.37. The fraction of sp³-hybridized carbons (Fsp3) is 0.333. The molecule has 5 heteroatoms. The Labute approximate surface area is 80.0 Å². The average molecular weight is 203 g/mol. The van der Waals surface area contributed by atoms with Gasteiger partial charge in [-0.15, -0.1) is 0 Å². The zero-order valence-electron chi connectivity index (χ0n) is 7.37. The molecule has 0 aromatic heterocycles. The SMILES string of the molecule is OCC(CO)Nc1ccc(F)cc1F. The number of anilines is 1. The van der Waals surface area contributed by atoms with E-state index >= 15 is 0 Å². The van der Waals surface area contributed by atoms with E-state index in [2.05, 4.69) is 5.32 Å². The molecule has 0 fully saturated rings. The van der Waals surface area contributed by atoms with E-state index in [0.717, 1.165) is 12.1 Å². The number of halogens is 2. The van der Waals surface area contributed by atoms with E-state index in [-0.39, 0.29) is 18.9 Å². The molecule has 3 nitrogen and oxygen atoms in total. The summed E-state index contributed by atoms with van der Waals surface area (Å²) in [5, 5.41) is 20.0. The first-order chi connectivity index (χ1) is 6.67. The minimum atomic E-state index is -0.753. The van der Waals surface area contributed by atoms with E-state index in [1.807, 2.05) is 0 Å². The first-order valence-electron chi connectivity index (χ1n) is 4.10. The molecule has 0 heterocycles. The predicted molar refractivity (Wildman–Crippen MR) is 47.9 cm³/mol. The molecule has 0 aliphatic heterocycles. The molecule has 0 saturated carbocycles. The summed E-state index contributed by atoms with van der Waals surface area (Å²) in [7, 11) is 0. The van der Waals surface area contributed by atoms with E-state index < -0.39 is 17.7 Å². The molecule has 1 rings (SSSR count). The van der Waals surface area contributed by atoms with Crippen molar-refractivity contribution < 1.29 is 19.0 Å². The van der Waals surface area contributed by atoms with Gasteiger partial charge in [0, 0.05) is 6.07 Å². The molecule has 0 aliphatic carbocycles. The fourth-order valence-electron chi connectivity index (χ4n) is 0.975. The van der Waals surface area contributed by atoms with Crippen LogP contribution in [-0.2, 0) is 0 Å². The Morgan fingerprint density at radius 3 is 2.36 bits per heavy atom. The molecule has 0 amide bonds. The van der Waals surface area contributed by atoms with Crippen LogP contribution in [0.25, 0.3) is 0 Å². The normalized spacial score (nSPS) is 10.6. The maximum Gasteiger partial charge on any atom is 0.149 e. The predicted octanol–water partition coefficient (Wildman–Crippen LogP) is 0.730. The zero-order chi connectivity index (χ0) is 10.6. The van der Waals surface area contributed by atoms with Crippen LogP contribution in [0.15, 0.2) is 18.2 Å². The molecular formula is C9H11F2NO2. The number of aliphatic hydroxyl groups is 2. The second kappa shape index (κ2) is 4.88. The quantitative estimate of drug-likeness (QED) is 0.676. The van der Waals surface area contributed by atoms with Gasteiger partial charge in [-0.05, 0) is 12.1 Å². The third kappa shape index (κ3) is 2.65. The van der Waals surface area contributed by atoms with Gasteiger partial charge >= 0.3 is 0 Å². The highest BCUT2D eigenvalue weighted by molar-refractivity contribution is 5.45. The first-order valence-corrected chi connectivity index (χ1v) is 4.10. The van der Waals surface area contributed by atoms with Crippen LogP contribution in [0.5, 0.6) is 0 Å². The van der Waals surface area contributed by atoms with Crippen molar-refractivity contribution in [1.29, 1.82) is 0 Å². The lowest BCUT2D eigenvalue weighted by Gasteiger charge is -2.15. The monoisotopic (exact) mass is 203 g/mol.